The lowest BCUT2D eigenvalue weighted by atomic mass is 9.70. The van der Waals surface area contributed by atoms with Crippen LogP contribution in [-0.4, -0.2) is 35.1 Å². The Bertz CT molecular complexity index is 228. The molecule has 0 amide bonds. The number of hydrogen-bond donors (Lipinski definition) is 1. The summed E-state index contributed by atoms with van der Waals surface area (Å²) in [6.45, 7) is 15.3. The Kier molecular flexibility index (Phi) is 2.44. The van der Waals surface area contributed by atoms with Crippen molar-refractivity contribution in [3.8, 4) is 0 Å². The van der Waals surface area contributed by atoms with Gasteiger partial charge in [-0.3, -0.25) is 4.90 Å². The SMILES string of the molecule is CC(C)(C)C1NCC2CC1N2C(C)(C)C. The first-order chi connectivity index (χ1) is 6.71. The van der Waals surface area contributed by atoms with Crippen molar-refractivity contribution in [2.24, 2.45) is 5.41 Å². The Labute approximate surface area is 94.4 Å². The number of rotatable bonds is 0. The van der Waals surface area contributed by atoms with Gasteiger partial charge in [-0.1, -0.05) is 20.8 Å². The van der Waals surface area contributed by atoms with Crippen LogP contribution in [0.1, 0.15) is 48.0 Å². The molecule has 3 aliphatic heterocycles. The first-order valence-corrected chi connectivity index (χ1v) is 6.23. The van der Waals surface area contributed by atoms with Crippen molar-refractivity contribution in [2.45, 2.75) is 71.6 Å². The van der Waals surface area contributed by atoms with Gasteiger partial charge in [0.2, 0.25) is 0 Å². The number of piperazine rings is 1. The van der Waals surface area contributed by atoms with E-state index in [2.05, 4.69) is 51.8 Å². The maximum absolute atomic E-state index is 3.72. The van der Waals surface area contributed by atoms with Gasteiger partial charge in [-0.05, 0) is 32.6 Å². The summed E-state index contributed by atoms with van der Waals surface area (Å²) < 4.78 is 0. The molecule has 2 bridgehead atoms. The lowest BCUT2D eigenvalue weighted by Gasteiger charge is -2.64. The van der Waals surface area contributed by atoms with Crippen molar-refractivity contribution in [3.05, 3.63) is 0 Å². The summed E-state index contributed by atoms with van der Waals surface area (Å²) in [5.41, 5.74) is 0.707. The average Bonchev–Trinajstić information content (AvgIpc) is 1.98. The van der Waals surface area contributed by atoms with Gasteiger partial charge in [0.15, 0.2) is 0 Å². The first kappa shape index (κ1) is 11.4. The number of fused-ring (bicyclic) bond motifs is 2. The minimum absolute atomic E-state index is 0.333. The molecule has 3 unspecified atom stereocenters. The van der Waals surface area contributed by atoms with E-state index in [0.717, 1.165) is 12.1 Å². The Morgan fingerprint density at radius 1 is 1.07 bits per heavy atom. The summed E-state index contributed by atoms with van der Waals surface area (Å²) in [4.78, 5) is 2.72. The Balaban J connectivity index is 2.15. The predicted octanol–water partition coefficient (Wildman–Crippen LogP) is 2.25. The van der Waals surface area contributed by atoms with Crippen LogP contribution in [0.2, 0.25) is 0 Å². The molecule has 3 aliphatic rings. The van der Waals surface area contributed by atoms with Crippen LogP contribution in [0.5, 0.6) is 0 Å². The molecule has 0 spiro atoms. The molecule has 1 N–H and O–H groups in total. The second-order valence-electron chi connectivity index (χ2n) is 7.29. The predicted molar refractivity (Wildman–Crippen MR) is 65.0 cm³/mol. The third-order valence-corrected chi connectivity index (χ3v) is 3.93. The molecular formula is C13H26N2. The van der Waals surface area contributed by atoms with Gasteiger partial charge in [0.25, 0.3) is 0 Å². The molecule has 3 atom stereocenters. The molecule has 2 heteroatoms. The number of hydrogen-bond acceptors (Lipinski definition) is 2. The van der Waals surface area contributed by atoms with Crippen LogP contribution in [0.25, 0.3) is 0 Å². The lowest BCUT2D eigenvalue weighted by molar-refractivity contribution is -0.119. The fraction of sp³-hybridized carbons (Fsp3) is 1.00. The van der Waals surface area contributed by atoms with Gasteiger partial charge in [-0.25, -0.2) is 0 Å². The summed E-state index contributed by atoms with van der Waals surface area (Å²) in [7, 11) is 0. The second kappa shape index (κ2) is 3.21. The van der Waals surface area contributed by atoms with E-state index in [4.69, 9.17) is 0 Å². The van der Waals surface area contributed by atoms with Gasteiger partial charge >= 0.3 is 0 Å². The molecule has 3 fully saturated rings. The maximum Gasteiger partial charge on any atom is 0.0278 e. The topological polar surface area (TPSA) is 15.3 Å². The molecule has 3 rings (SSSR count). The first-order valence-electron chi connectivity index (χ1n) is 6.23. The molecule has 3 saturated heterocycles. The van der Waals surface area contributed by atoms with Gasteiger partial charge < -0.3 is 5.32 Å². The second-order valence-corrected chi connectivity index (χ2v) is 7.29. The molecule has 0 aromatic heterocycles. The molecule has 0 saturated carbocycles. The van der Waals surface area contributed by atoms with Crippen molar-refractivity contribution in [1.29, 1.82) is 0 Å². The number of nitrogens with one attached hydrogen (secondary N) is 1. The van der Waals surface area contributed by atoms with Gasteiger partial charge in [-0.15, -0.1) is 0 Å². The Hall–Kier alpha value is -0.0800. The maximum atomic E-state index is 3.72. The zero-order valence-electron chi connectivity index (χ0n) is 11.1. The fourth-order valence-corrected chi connectivity index (χ4v) is 3.44. The summed E-state index contributed by atoms with van der Waals surface area (Å²) >= 11 is 0. The van der Waals surface area contributed by atoms with E-state index in [0.29, 0.717) is 17.0 Å². The van der Waals surface area contributed by atoms with Crippen LogP contribution in [0.4, 0.5) is 0 Å². The molecule has 0 aliphatic carbocycles. The number of nitrogens with zero attached hydrogens (tertiary/aromatic N) is 1. The van der Waals surface area contributed by atoms with E-state index < -0.39 is 0 Å². The molecule has 88 valence electrons. The highest BCUT2D eigenvalue weighted by molar-refractivity contribution is 5.11. The van der Waals surface area contributed by atoms with E-state index in [1.165, 1.54) is 13.0 Å². The van der Waals surface area contributed by atoms with Crippen molar-refractivity contribution >= 4 is 0 Å². The van der Waals surface area contributed by atoms with Crippen LogP contribution in [0, 0.1) is 5.41 Å². The molecule has 2 nitrogen and oxygen atoms in total. The highest BCUT2D eigenvalue weighted by Crippen LogP contribution is 2.42. The van der Waals surface area contributed by atoms with Crippen LogP contribution in [0.3, 0.4) is 0 Å². The summed E-state index contributed by atoms with van der Waals surface area (Å²) in [5.74, 6) is 0. The Morgan fingerprint density at radius 3 is 2.07 bits per heavy atom. The van der Waals surface area contributed by atoms with Crippen molar-refractivity contribution in [2.75, 3.05) is 6.54 Å². The monoisotopic (exact) mass is 210 g/mol. The van der Waals surface area contributed by atoms with Gasteiger partial charge in [0, 0.05) is 30.2 Å². The molecule has 15 heavy (non-hydrogen) atoms. The summed E-state index contributed by atoms with van der Waals surface area (Å²) in [6, 6.07) is 2.19. The van der Waals surface area contributed by atoms with Crippen LogP contribution in [0.15, 0.2) is 0 Å². The molecular weight excluding hydrogens is 184 g/mol. The standard InChI is InChI=1S/C13H26N2/c1-12(2,3)11-10-7-9(8-14-11)15(10)13(4,5)6/h9-11,14H,7-8H2,1-6H3. The largest absolute Gasteiger partial charge is 0.310 e. The zero-order valence-corrected chi connectivity index (χ0v) is 11.1. The quantitative estimate of drug-likeness (QED) is 0.659. The molecule has 0 aromatic carbocycles. The van der Waals surface area contributed by atoms with Gasteiger partial charge in [0.1, 0.15) is 0 Å². The minimum Gasteiger partial charge on any atom is -0.310 e. The van der Waals surface area contributed by atoms with E-state index in [1.807, 2.05) is 0 Å². The van der Waals surface area contributed by atoms with Crippen LogP contribution >= 0.6 is 0 Å². The minimum atomic E-state index is 0.333. The zero-order chi connectivity index (χ0) is 11.4. The van der Waals surface area contributed by atoms with Crippen molar-refractivity contribution in [3.63, 3.8) is 0 Å². The lowest BCUT2D eigenvalue weighted by Crippen LogP contribution is -2.78. The smallest absolute Gasteiger partial charge is 0.0278 e. The normalized spacial score (nSPS) is 37.6. The van der Waals surface area contributed by atoms with Crippen molar-refractivity contribution < 1.29 is 0 Å². The van der Waals surface area contributed by atoms with E-state index in [1.54, 1.807) is 0 Å². The third kappa shape index (κ3) is 1.83. The van der Waals surface area contributed by atoms with E-state index in [-0.39, 0.29) is 0 Å². The van der Waals surface area contributed by atoms with Gasteiger partial charge in [0.05, 0.1) is 0 Å². The number of piperidine rings is 1. The highest BCUT2D eigenvalue weighted by Gasteiger charge is 2.53. The average molecular weight is 210 g/mol. The molecule has 0 radical (unpaired) electrons. The van der Waals surface area contributed by atoms with E-state index >= 15 is 0 Å². The molecule has 0 aromatic rings. The summed E-state index contributed by atoms with van der Waals surface area (Å²) in [5, 5.41) is 3.72. The van der Waals surface area contributed by atoms with Crippen LogP contribution < -0.4 is 5.32 Å². The molecule has 3 heterocycles. The van der Waals surface area contributed by atoms with Crippen molar-refractivity contribution in [1.82, 2.24) is 10.2 Å². The third-order valence-electron chi connectivity index (χ3n) is 3.93. The van der Waals surface area contributed by atoms with E-state index in [9.17, 15) is 0 Å². The van der Waals surface area contributed by atoms with Crippen LogP contribution in [-0.2, 0) is 0 Å². The Morgan fingerprint density at radius 2 is 1.67 bits per heavy atom. The fourth-order valence-electron chi connectivity index (χ4n) is 3.44. The highest BCUT2D eigenvalue weighted by atomic mass is 15.4. The summed E-state index contributed by atoms with van der Waals surface area (Å²) in [6.07, 6.45) is 1.40. The van der Waals surface area contributed by atoms with Gasteiger partial charge in [-0.2, -0.15) is 0 Å².